The molecule has 0 amide bonds. The minimum atomic E-state index is -0.295. The number of benzene rings is 1. The summed E-state index contributed by atoms with van der Waals surface area (Å²) < 4.78 is 4.71. The van der Waals surface area contributed by atoms with E-state index >= 15 is 0 Å². The summed E-state index contributed by atoms with van der Waals surface area (Å²) in [7, 11) is 0. The van der Waals surface area contributed by atoms with E-state index in [4.69, 9.17) is 4.74 Å². The van der Waals surface area contributed by atoms with Crippen LogP contribution >= 0.6 is 0 Å². The zero-order chi connectivity index (χ0) is 13.1. The van der Waals surface area contributed by atoms with Gasteiger partial charge in [-0.1, -0.05) is 56.5 Å². The van der Waals surface area contributed by atoms with E-state index in [0.29, 0.717) is 12.2 Å². The molecular weight excluding hydrogens is 212 g/mol. The van der Waals surface area contributed by atoms with Crippen LogP contribution in [0.5, 0.6) is 0 Å². The monoisotopic (exact) mass is 232 g/mol. The Morgan fingerprint density at radius 2 is 1.94 bits per heavy atom. The van der Waals surface area contributed by atoms with E-state index in [1.54, 1.807) is 6.92 Å². The molecule has 0 unspecified atom stereocenters. The zero-order valence-corrected chi connectivity index (χ0v) is 10.6. The van der Waals surface area contributed by atoms with Crippen molar-refractivity contribution in [3.8, 4) is 0 Å². The average Bonchev–Trinajstić information content (AvgIpc) is 2.37. The second-order valence-electron chi connectivity index (χ2n) is 3.53. The maximum absolute atomic E-state index is 10.6. The molecule has 0 aromatic heterocycles. The molecule has 0 heterocycles. The minimum absolute atomic E-state index is 0.295. The first-order valence-electron chi connectivity index (χ1n) is 5.62. The molecule has 0 bridgehead atoms. The van der Waals surface area contributed by atoms with Gasteiger partial charge < -0.3 is 4.74 Å². The van der Waals surface area contributed by atoms with E-state index in [9.17, 15) is 4.79 Å². The third kappa shape index (κ3) is 8.03. The quantitative estimate of drug-likeness (QED) is 0.582. The van der Waals surface area contributed by atoms with Crippen LogP contribution in [0.2, 0.25) is 0 Å². The molecule has 2 heteroatoms. The summed E-state index contributed by atoms with van der Waals surface area (Å²) in [6.07, 6.45) is 2.69. The Balaban J connectivity index is 0.000000302. The second kappa shape index (κ2) is 9.40. The molecule has 2 nitrogen and oxygen atoms in total. The zero-order valence-electron chi connectivity index (χ0n) is 10.6. The number of ether oxygens (including phenoxy) is 1. The van der Waals surface area contributed by atoms with E-state index in [-0.39, 0.29) is 5.97 Å². The van der Waals surface area contributed by atoms with E-state index in [1.165, 1.54) is 5.56 Å². The highest BCUT2D eigenvalue weighted by Crippen LogP contribution is 1.97. The number of carbonyl (C=O) groups excluding carboxylic acids is 1. The summed E-state index contributed by atoms with van der Waals surface area (Å²) in [5, 5.41) is 0. The molecule has 0 aliphatic carbocycles. The van der Waals surface area contributed by atoms with Crippen LogP contribution in [0, 0.1) is 0 Å². The van der Waals surface area contributed by atoms with Gasteiger partial charge >= 0.3 is 5.97 Å². The molecular formula is C15H20O2. The van der Waals surface area contributed by atoms with E-state index < -0.39 is 0 Å². The van der Waals surface area contributed by atoms with Crippen LogP contribution in [-0.4, -0.2) is 12.6 Å². The summed E-state index contributed by atoms with van der Waals surface area (Å²) in [5.41, 5.74) is 1.64. The van der Waals surface area contributed by atoms with E-state index in [0.717, 1.165) is 6.42 Å². The lowest BCUT2D eigenvalue weighted by atomic mass is 10.2. The predicted octanol–water partition coefficient (Wildman–Crippen LogP) is 3.85. The lowest BCUT2D eigenvalue weighted by Gasteiger charge is -1.99. The molecule has 1 rings (SSSR count). The van der Waals surface area contributed by atoms with Crippen molar-refractivity contribution in [1.29, 1.82) is 0 Å². The normalized spacial score (nSPS) is 8.59. The number of hydrogen-bond acceptors (Lipinski definition) is 2. The molecule has 0 aliphatic heterocycles. The number of rotatable bonds is 4. The van der Waals surface area contributed by atoms with Gasteiger partial charge in [-0.05, 0) is 18.9 Å². The molecule has 0 aliphatic rings. The van der Waals surface area contributed by atoms with Gasteiger partial charge in [-0.3, -0.25) is 0 Å². The van der Waals surface area contributed by atoms with Gasteiger partial charge in [0.2, 0.25) is 0 Å². The largest absolute Gasteiger partial charge is 0.462 e. The Morgan fingerprint density at radius 3 is 2.29 bits per heavy atom. The van der Waals surface area contributed by atoms with Crippen LogP contribution in [0.25, 0.3) is 6.08 Å². The third-order valence-electron chi connectivity index (χ3n) is 1.82. The Bertz CT molecular complexity index is 352. The van der Waals surface area contributed by atoms with Crippen molar-refractivity contribution in [1.82, 2.24) is 0 Å². The SMILES string of the molecule is C=C(C)C(=O)OCCC.C=Cc1ccccc1. The van der Waals surface area contributed by atoms with Crippen molar-refractivity contribution in [2.75, 3.05) is 6.61 Å². The van der Waals surface area contributed by atoms with Crippen molar-refractivity contribution in [2.24, 2.45) is 0 Å². The second-order valence-corrected chi connectivity index (χ2v) is 3.53. The van der Waals surface area contributed by atoms with Crippen LogP contribution in [0.1, 0.15) is 25.8 Å². The molecule has 0 N–H and O–H groups in total. The standard InChI is InChI=1S/C8H8.C7H12O2/c1-2-8-6-4-3-5-7-8;1-4-5-9-7(8)6(2)3/h2-7H,1H2;2,4-5H2,1,3H3. The first-order chi connectivity index (χ1) is 8.11. The van der Waals surface area contributed by atoms with E-state index in [2.05, 4.69) is 13.2 Å². The van der Waals surface area contributed by atoms with Crippen LogP contribution < -0.4 is 0 Å². The summed E-state index contributed by atoms with van der Waals surface area (Å²) in [6.45, 7) is 11.1. The Kier molecular flexibility index (Phi) is 8.39. The lowest BCUT2D eigenvalue weighted by molar-refractivity contribution is -0.138. The van der Waals surface area contributed by atoms with Crippen LogP contribution in [0.4, 0.5) is 0 Å². The topological polar surface area (TPSA) is 26.3 Å². The molecule has 0 radical (unpaired) electrons. The number of hydrogen-bond donors (Lipinski definition) is 0. The molecule has 0 fully saturated rings. The smallest absolute Gasteiger partial charge is 0.333 e. The lowest BCUT2D eigenvalue weighted by Crippen LogP contribution is -2.04. The highest BCUT2D eigenvalue weighted by atomic mass is 16.5. The fraction of sp³-hybridized carbons (Fsp3) is 0.267. The van der Waals surface area contributed by atoms with Crippen LogP contribution in [-0.2, 0) is 9.53 Å². The molecule has 0 saturated carbocycles. The van der Waals surface area contributed by atoms with E-state index in [1.807, 2.05) is 43.3 Å². The fourth-order valence-electron chi connectivity index (χ4n) is 0.907. The highest BCUT2D eigenvalue weighted by Gasteiger charge is 1.99. The van der Waals surface area contributed by atoms with Gasteiger partial charge in [-0.2, -0.15) is 0 Å². The van der Waals surface area contributed by atoms with Crippen LogP contribution in [0.15, 0.2) is 49.1 Å². The molecule has 92 valence electrons. The number of esters is 1. The molecule has 0 atom stereocenters. The third-order valence-corrected chi connectivity index (χ3v) is 1.82. The molecule has 17 heavy (non-hydrogen) atoms. The Morgan fingerprint density at radius 1 is 1.35 bits per heavy atom. The van der Waals surface area contributed by atoms with Gasteiger partial charge in [-0.25, -0.2) is 4.79 Å². The summed E-state index contributed by atoms with van der Waals surface area (Å²) in [4.78, 5) is 10.6. The summed E-state index contributed by atoms with van der Waals surface area (Å²) >= 11 is 0. The van der Waals surface area contributed by atoms with Crippen molar-refractivity contribution in [2.45, 2.75) is 20.3 Å². The average molecular weight is 232 g/mol. The first-order valence-corrected chi connectivity index (χ1v) is 5.62. The van der Waals surface area contributed by atoms with Gasteiger partial charge in [0.05, 0.1) is 6.61 Å². The van der Waals surface area contributed by atoms with Crippen molar-refractivity contribution in [3.05, 3.63) is 54.6 Å². The highest BCUT2D eigenvalue weighted by molar-refractivity contribution is 5.86. The van der Waals surface area contributed by atoms with Gasteiger partial charge in [0.15, 0.2) is 0 Å². The van der Waals surface area contributed by atoms with Gasteiger partial charge in [0, 0.05) is 5.57 Å². The maximum atomic E-state index is 10.6. The van der Waals surface area contributed by atoms with Crippen molar-refractivity contribution in [3.63, 3.8) is 0 Å². The summed E-state index contributed by atoms with van der Waals surface area (Å²) in [6, 6.07) is 10.0. The van der Waals surface area contributed by atoms with Gasteiger partial charge in [-0.15, -0.1) is 0 Å². The van der Waals surface area contributed by atoms with Crippen molar-refractivity contribution < 1.29 is 9.53 Å². The molecule has 0 saturated heterocycles. The fourth-order valence-corrected chi connectivity index (χ4v) is 0.907. The van der Waals surface area contributed by atoms with Gasteiger partial charge in [0.1, 0.15) is 0 Å². The number of carbonyl (C=O) groups is 1. The molecule has 1 aromatic carbocycles. The predicted molar refractivity (Wildman–Crippen MR) is 72.6 cm³/mol. The Labute approximate surface area is 104 Å². The Hall–Kier alpha value is -1.83. The van der Waals surface area contributed by atoms with Gasteiger partial charge in [0.25, 0.3) is 0 Å². The molecule has 1 aromatic rings. The molecule has 0 spiro atoms. The maximum Gasteiger partial charge on any atom is 0.333 e. The van der Waals surface area contributed by atoms with Crippen LogP contribution in [0.3, 0.4) is 0 Å². The summed E-state index contributed by atoms with van der Waals surface area (Å²) in [5.74, 6) is -0.295. The van der Waals surface area contributed by atoms with Crippen molar-refractivity contribution >= 4 is 12.0 Å². The first kappa shape index (κ1) is 15.2. The minimum Gasteiger partial charge on any atom is -0.462 e.